The Balaban J connectivity index is 1.33. The molecule has 1 aliphatic rings. The van der Waals surface area contributed by atoms with Crippen LogP contribution in [0.3, 0.4) is 0 Å². The second-order valence-corrected chi connectivity index (χ2v) is 8.89. The molecule has 10 heteroatoms. The Labute approximate surface area is 199 Å². The van der Waals surface area contributed by atoms with Gasteiger partial charge in [-0.1, -0.05) is 42.1 Å². The zero-order valence-corrected chi connectivity index (χ0v) is 19.2. The lowest BCUT2D eigenvalue weighted by molar-refractivity contribution is -0.128. The van der Waals surface area contributed by atoms with E-state index >= 15 is 0 Å². The van der Waals surface area contributed by atoms with E-state index in [9.17, 15) is 14.0 Å². The number of nitrogens with zero attached hydrogens (tertiary/aromatic N) is 6. The molecule has 0 radical (unpaired) electrons. The van der Waals surface area contributed by atoms with Gasteiger partial charge in [-0.15, -0.1) is 16.8 Å². The molecule has 8 nitrogen and oxygen atoms in total. The van der Waals surface area contributed by atoms with Crippen molar-refractivity contribution in [2.45, 2.75) is 11.7 Å². The predicted octanol–water partition coefficient (Wildman–Crippen LogP) is 2.81. The van der Waals surface area contributed by atoms with Crippen LogP contribution >= 0.6 is 11.8 Å². The summed E-state index contributed by atoms with van der Waals surface area (Å²) in [5, 5.41) is 9.59. The van der Waals surface area contributed by atoms with Gasteiger partial charge in [-0.3, -0.25) is 18.6 Å². The van der Waals surface area contributed by atoms with Gasteiger partial charge in [0, 0.05) is 32.7 Å². The van der Waals surface area contributed by atoms with Crippen molar-refractivity contribution in [3.63, 3.8) is 0 Å². The van der Waals surface area contributed by atoms with Crippen molar-refractivity contribution in [1.82, 2.24) is 24.1 Å². The van der Waals surface area contributed by atoms with Gasteiger partial charge in [0.05, 0.1) is 22.3 Å². The van der Waals surface area contributed by atoms with Crippen LogP contribution < -0.4 is 10.5 Å². The summed E-state index contributed by atoms with van der Waals surface area (Å²) >= 11 is 1.29. The lowest BCUT2D eigenvalue weighted by Gasteiger charge is -2.36. The highest BCUT2D eigenvalue weighted by atomic mass is 32.2. The Hall–Kier alpha value is -3.66. The van der Waals surface area contributed by atoms with Crippen LogP contribution in [0.5, 0.6) is 0 Å². The number of hydrogen-bond acceptors (Lipinski definition) is 6. The van der Waals surface area contributed by atoms with Crippen molar-refractivity contribution in [2.75, 3.05) is 36.8 Å². The van der Waals surface area contributed by atoms with Gasteiger partial charge in [-0.25, -0.2) is 4.39 Å². The largest absolute Gasteiger partial charge is 0.366 e. The van der Waals surface area contributed by atoms with E-state index in [1.54, 1.807) is 29.2 Å². The fraction of sp³-hybridized carbons (Fsp3) is 0.250. The number of carbonyl (C=O) groups excluding carboxylic acids is 1. The number of hydrogen-bond donors (Lipinski definition) is 0. The molecule has 1 aliphatic heterocycles. The number of aromatic nitrogens is 4. The van der Waals surface area contributed by atoms with Crippen LogP contribution in [0, 0.1) is 5.82 Å². The molecular weight excluding hydrogens is 455 g/mol. The number of allylic oxidation sites excluding steroid dienone is 1. The van der Waals surface area contributed by atoms with E-state index in [1.807, 2.05) is 33.6 Å². The highest BCUT2D eigenvalue weighted by molar-refractivity contribution is 7.99. The highest BCUT2D eigenvalue weighted by Gasteiger charge is 2.24. The number of amides is 1. The van der Waals surface area contributed by atoms with Gasteiger partial charge in [-0.05, 0) is 24.3 Å². The third kappa shape index (κ3) is 3.94. The molecule has 4 aromatic rings. The molecule has 5 rings (SSSR count). The van der Waals surface area contributed by atoms with Crippen LogP contribution in [0.2, 0.25) is 0 Å². The summed E-state index contributed by atoms with van der Waals surface area (Å²) < 4.78 is 17.4. The Morgan fingerprint density at radius 3 is 2.56 bits per heavy atom. The summed E-state index contributed by atoms with van der Waals surface area (Å²) in [4.78, 5) is 29.6. The number of carbonyl (C=O) groups is 1. The molecule has 0 unspecified atom stereocenters. The highest BCUT2D eigenvalue weighted by Crippen LogP contribution is 2.23. The maximum Gasteiger partial charge on any atom is 0.263 e. The van der Waals surface area contributed by atoms with Gasteiger partial charge >= 0.3 is 0 Å². The van der Waals surface area contributed by atoms with Crippen LogP contribution in [0.15, 0.2) is 71.1 Å². The Bertz CT molecular complexity index is 1440. The van der Waals surface area contributed by atoms with Crippen molar-refractivity contribution < 1.29 is 9.18 Å². The van der Waals surface area contributed by atoms with Crippen LogP contribution in [0.25, 0.3) is 16.7 Å². The van der Waals surface area contributed by atoms with Crippen LogP contribution in [0.4, 0.5) is 10.1 Å². The molecule has 0 bridgehead atoms. The topological polar surface area (TPSA) is 75.7 Å². The summed E-state index contributed by atoms with van der Waals surface area (Å²) in [6.45, 7) is 6.24. The summed E-state index contributed by atoms with van der Waals surface area (Å²) in [5.41, 5.74) is 1.10. The molecule has 3 heterocycles. The standard InChI is InChI=1S/C24H23FN6O2S/c1-2-11-30-22(33)17-7-3-5-9-19(17)31-23(30)26-27-24(31)34-16-21(32)29-14-12-28(13-15-29)20-10-6-4-8-18(20)25/h2-10H,1,11-16H2. The third-order valence-corrected chi connectivity index (χ3v) is 6.85. The summed E-state index contributed by atoms with van der Waals surface area (Å²) in [5.74, 6) is 0.337. The third-order valence-electron chi connectivity index (χ3n) is 5.94. The van der Waals surface area contributed by atoms with Gasteiger partial charge in [0.25, 0.3) is 5.56 Å². The number of para-hydroxylation sites is 2. The smallest absolute Gasteiger partial charge is 0.263 e. The quantitative estimate of drug-likeness (QED) is 0.313. The predicted molar refractivity (Wildman–Crippen MR) is 131 cm³/mol. The van der Waals surface area contributed by atoms with E-state index in [0.717, 1.165) is 0 Å². The van der Waals surface area contributed by atoms with Gasteiger partial charge < -0.3 is 9.80 Å². The maximum atomic E-state index is 14.1. The van der Waals surface area contributed by atoms with E-state index in [-0.39, 0.29) is 23.0 Å². The van der Waals surface area contributed by atoms with Crippen LogP contribution in [-0.4, -0.2) is 61.9 Å². The van der Waals surface area contributed by atoms with Gasteiger partial charge in [-0.2, -0.15) is 0 Å². The van der Waals surface area contributed by atoms with Crippen molar-refractivity contribution >= 4 is 40.0 Å². The van der Waals surface area contributed by atoms with Crippen molar-refractivity contribution in [1.29, 1.82) is 0 Å². The van der Waals surface area contributed by atoms with E-state index in [2.05, 4.69) is 16.8 Å². The number of piperazine rings is 1. The molecule has 34 heavy (non-hydrogen) atoms. The van der Waals surface area contributed by atoms with E-state index in [1.165, 1.54) is 22.4 Å². The molecule has 174 valence electrons. The second kappa shape index (κ2) is 9.30. The lowest BCUT2D eigenvalue weighted by Crippen LogP contribution is -2.49. The maximum absolute atomic E-state index is 14.1. The summed E-state index contributed by atoms with van der Waals surface area (Å²) in [7, 11) is 0. The Morgan fingerprint density at radius 2 is 1.79 bits per heavy atom. The first-order valence-corrected chi connectivity index (χ1v) is 11.9. The number of benzene rings is 2. The molecule has 0 N–H and O–H groups in total. The van der Waals surface area contributed by atoms with Gasteiger partial charge in [0.15, 0.2) is 5.16 Å². The van der Waals surface area contributed by atoms with Crippen LogP contribution in [-0.2, 0) is 11.3 Å². The first-order chi connectivity index (χ1) is 16.6. The normalized spacial score (nSPS) is 14.1. The van der Waals surface area contributed by atoms with Crippen LogP contribution in [0.1, 0.15) is 0 Å². The van der Waals surface area contributed by atoms with E-state index in [4.69, 9.17) is 0 Å². The molecule has 1 amide bonds. The zero-order chi connectivity index (χ0) is 23.7. The fourth-order valence-corrected chi connectivity index (χ4v) is 5.09. The minimum absolute atomic E-state index is 0.0151. The minimum atomic E-state index is -0.251. The number of thioether (sulfide) groups is 1. The minimum Gasteiger partial charge on any atom is -0.366 e. The second-order valence-electron chi connectivity index (χ2n) is 7.95. The number of fused-ring (bicyclic) bond motifs is 3. The SMILES string of the molecule is C=CCn1c(=O)c2ccccc2n2c(SCC(=O)N3CCN(c4ccccc4F)CC3)nnc12. The molecule has 0 aliphatic carbocycles. The zero-order valence-electron chi connectivity index (χ0n) is 18.4. The fourth-order valence-electron chi connectivity index (χ4n) is 4.24. The Kier molecular flexibility index (Phi) is 6.06. The van der Waals surface area contributed by atoms with Gasteiger partial charge in [0.1, 0.15) is 5.82 Å². The number of rotatable bonds is 6. The molecule has 0 saturated carbocycles. The molecule has 1 saturated heterocycles. The monoisotopic (exact) mass is 478 g/mol. The average molecular weight is 479 g/mol. The molecule has 0 atom stereocenters. The molecular formula is C24H23FN6O2S. The van der Waals surface area contributed by atoms with Gasteiger partial charge in [0.2, 0.25) is 11.7 Å². The Morgan fingerprint density at radius 1 is 1.06 bits per heavy atom. The summed E-state index contributed by atoms with van der Waals surface area (Å²) in [6, 6.07) is 14.0. The van der Waals surface area contributed by atoms with E-state index in [0.29, 0.717) is 60.2 Å². The average Bonchev–Trinajstić information content (AvgIpc) is 3.29. The molecule has 2 aromatic heterocycles. The first kappa shape index (κ1) is 22.1. The van der Waals surface area contributed by atoms with Crippen molar-refractivity contribution in [3.05, 3.63) is 77.4 Å². The molecule has 1 fully saturated rings. The molecule has 2 aromatic carbocycles. The lowest BCUT2D eigenvalue weighted by atomic mass is 10.2. The molecule has 0 spiro atoms. The van der Waals surface area contributed by atoms with Crippen molar-refractivity contribution in [3.8, 4) is 0 Å². The van der Waals surface area contributed by atoms with E-state index < -0.39 is 0 Å². The summed E-state index contributed by atoms with van der Waals surface area (Å²) in [6.07, 6.45) is 1.64. The number of halogens is 1. The first-order valence-electron chi connectivity index (χ1n) is 11.0. The van der Waals surface area contributed by atoms with Crippen molar-refractivity contribution in [2.24, 2.45) is 0 Å². The number of anilines is 1.